The number of anilines is 1. The lowest BCUT2D eigenvalue weighted by Crippen LogP contribution is -2.47. The monoisotopic (exact) mass is 384 g/mol. The summed E-state index contributed by atoms with van der Waals surface area (Å²) < 4.78 is 5.90. The number of hydrogen-bond donors (Lipinski definition) is 4. The third-order valence-electron chi connectivity index (χ3n) is 4.14. The molecule has 0 bridgehead atoms. The largest absolute Gasteiger partial charge is 0.468 e. The fraction of sp³-hybridized carbons (Fsp3) is 0.222. The number of fused-ring (bicyclic) bond motifs is 1. The van der Waals surface area contributed by atoms with Gasteiger partial charge in [0.2, 0.25) is 5.91 Å². The van der Waals surface area contributed by atoms with Gasteiger partial charge in [-0.3, -0.25) is 14.3 Å². The van der Waals surface area contributed by atoms with E-state index in [1.807, 2.05) is 24.3 Å². The topological polar surface area (TPSA) is 144 Å². The maximum atomic E-state index is 12.7. The molecule has 0 saturated heterocycles. The molecule has 28 heavy (non-hydrogen) atoms. The summed E-state index contributed by atoms with van der Waals surface area (Å²) in [7, 11) is 1.28. The van der Waals surface area contributed by atoms with Crippen LogP contribution in [0.25, 0.3) is 10.9 Å². The van der Waals surface area contributed by atoms with Gasteiger partial charge in [-0.2, -0.15) is 5.10 Å². The van der Waals surface area contributed by atoms with Crippen LogP contribution in [0.1, 0.15) is 5.56 Å². The molecule has 0 aliphatic heterocycles. The molecule has 3 rings (SSSR count). The lowest BCUT2D eigenvalue weighted by Gasteiger charge is -2.16. The highest BCUT2D eigenvalue weighted by Crippen LogP contribution is 2.19. The van der Waals surface area contributed by atoms with Crippen molar-refractivity contribution in [2.24, 2.45) is 5.73 Å². The Kier molecular flexibility index (Phi) is 5.58. The summed E-state index contributed by atoms with van der Waals surface area (Å²) in [6.07, 6.45) is 3.56. The number of esters is 1. The van der Waals surface area contributed by atoms with Crippen molar-refractivity contribution in [3.05, 3.63) is 48.3 Å². The van der Waals surface area contributed by atoms with Crippen molar-refractivity contribution in [2.45, 2.75) is 19.0 Å². The maximum absolute atomic E-state index is 12.7. The van der Waals surface area contributed by atoms with Crippen molar-refractivity contribution >= 4 is 34.6 Å². The van der Waals surface area contributed by atoms with Crippen LogP contribution in [0.3, 0.4) is 0 Å². The summed E-state index contributed by atoms with van der Waals surface area (Å²) in [5, 5.41) is 10.1. The molecular formula is C18H20N6O4. The number of amides is 3. The molecule has 3 aromatic rings. The number of rotatable bonds is 7. The number of H-pyrrole nitrogens is 1. The van der Waals surface area contributed by atoms with Gasteiger partial charge in [0.05, 0.1) is 7.11 Å². The highest BCUT2D eigenvalue weighted by molar-refractivity contribution is 5.97. The van der Waals surface area contributed by atoms with Gasteiger partial charge in [-0.05, 0) is 11.6 Å². The Labute approximate surface area is 160 Å². The molecule has 10 nitrogen and oxygen atoms in total. The Morgan fingerprint density at radius 2 is 2.07 bits per heavy atom. The number of urea groups is 1. The minimum atomic E-state index is -0.900. The normalized spacial score (nSPS) is 11.8. The molecular weight excluding hydrogens is 364 g/mol. The standard InChI is InChI=1S/C18H20N6O4/c1-28-16(25)10-24-7-6-15(23-24)22-17(26)14(21-18(19)27)8-11-9-20-13-5-3-2-4-12(11)13/h2-7,9,14,20H,8,10H2,1H3,(H3,19,21,27)(H,22,23,26). The Hall–Kier alpha value is -3.82. The molecule has 0 saturated carbocycles. The van der Waals surface area contributed by atoms with Crippen LogP contribution >= 0.6 is 0 Å². The van der Waals surface area contributed by atoms with Crippen molar-refractivity contribution in [3.63, 3.8) is 0 Å². The van der Waals surface area contributed by atoms with Crippen molar-refractivity contribution in [3.8, 4) is 0 Å². The van der Waals surface area contributed by atoms with Crippen LogP contribution in [0.5, 0.6) is 0 Å². The first kappa shape index (κ1) is 19.0. The van der Waals surface area contributed by atoms with E-state index in [2.05, 4.69) is 25.5 Å². The molecule has 1 atom stereocenters. The second-order valence-electron chi connectivity index (χ2n) is 6.09. The van der Waals surface area contributed by atoms with Crippen molar-refractivity contribution in [1.82, 2.24) is 20.1 Å². The lowest BCUT2D eigenvalue weighted by molar-refractivity contribution is -0.141. The molecule has 0 radical (unpaired) electrons. The average Bonchev–Trinajstić information content (AvgIpc) is 3.27. The second kappa shape index (κ2) is 8.25. The average molecular weight is 384 g/mol. The highest BCUT2D eigenvalue weighted by atomic mass is 16.5. The first-order valence-electron chi connectivity index (χ1n) is 8.48. The molecule has 2 heterocycles. The van der Waals surface area contributed by atoms with Crippen LogP contribution in [-0.4, -0.2) is 45.8 Å². The number of ether oxygens (including phenoxy) is 1. The molecule has 0 fully saturated rings. The van der Waals surface area contributed by atoms with Gasteiger partial charge in [0, 0.05) is 35.8 Å². The molecule has 0 aliphatic carbocycles. The number of nitrogens with two attached hydrogens (primary N) is 1. The fourth-order valence-corrected chi connectivity index (χ4v) is 2.83. The summed E-state index contributed by atoms with van der Waals surface area (Å²) in [6.45, 7) is -0.0787. The van der Waals surface area contributed by atoms with E-state index in [1.165, 1.54) is 24.1 Å². The van der Waals surface area contributed by atoms with Gasteiger partial charge in [0.1, 0.15) is 12.6 Å². The third-order valence-corrected chi connectivity index (χ3v) is 4.14. The predicted molar refractivity (Wildman–Crippen MR) is 101 cm³/mol. The van der Waals surface area contributed by atoms with E-state index in [0.29, 0.717) is 0 Å². The number of benzene rings is 1. The van der Waals surface area contributed by atoms with Gasteiger partial charge in [0.25, 0.3) is 0 Å². The zero-order valence-corrected chi connectivity index (χ0v) is 15.1. The third kappa shape index (κ3) is 4.47. The van der Waals surface area contributed by atoms with Gasteiger partial charge < -0.3 is 26.1 Å². The zero-order chi connectivity index (χ0) is 20.1. The second-order valence-corrected chi connectivity index (χ2v) is 6.09. The fourth-order valence-electron chi connectivity index (χ4n) is 2.83. The summed E-state index contributed by atoms with van der Waals surface area (Å²) in [4.78, 5) is 38.5. The van der Waals surface area contributed by atoms with E-state index in [4.69, 9.17) is 5.73 Å². The number of aromatic nitrogens is 3. The number of primary amides is 1. The number of nitrogens with zero attached hydrogens (tertiary/aromatic N) is 2. The molecule has 0 spiro atoms. The smallest absolute Gasteiger partial charge is 0.327 e. The van der Waals surface area contributed by atoms with Crippen LogP contribution in [0.4, 0.5) is 10.6 Å². The van der Waals surface area contributed by atoms with E-state index in [0.717, 1.165) is 16.5 Å². The molecule has 1 unspecified atom stereocenters. The van der Waals surface area contributed by atoms with Crippen LogP contribution in [0, 0.1) is 0 Å². The first-order valence-corrected chi connectivity index (χ1v) is 8.48. The summed E-state index contributed by atoms with van der Waals surface area (Å²) >= 11 is 0. The van der Waals surface area contributed by atoms with E-state index in [1.54, 1.807) is 6.20 Å². The van der Waals surface area contributed by atoms with Crippen LogP contribution in [0.15, 0.2) is 42.7 Å². The number of aromatic amines is 1. The van der Waals surface area contributed by atoms with Gasteiger partial charge >= 0.3 is 12.0 Å². The molecule has 0 aliphatic rings. The number of hydrogen-bond acceptors (Lipinski definition) is 5. The van der Waals surface area contributed by atoms with E-state index >= 15 is 0 Å². The molecule has 1 aromatic carbocycles. The molecule has 146 valence electrons. The zero-order valence-electron chi connectivity index (χ0n) is 15.1. The molecule has 10 heteroatoms. The Morgan fingerprint density at radius 3 is 2.82 bits per heavy atom. The highest BCUT2D eigenvalue weighted by Gasteiger charge is 2.22. The van der Waals surface area contributed by atoms with Gasteiger partial charge in [-0.1, -0.05) is 18.2 Å². The Bertz CT molecular complexity index is 1010. The first-order chi connectivity index (χ1) is 13.5. The van der Waals surface area contributed by atoms with Crippen LogP contribution in [0.2, 0.25) is 0 Å². The van der Waals surface area contributed by atoms with Crippen molar-refractivity contribution < 1.29 is 19.1 Å². The van der Waals surface area contributed by atoms with Crippen molar-refractivity contribution in [2.75, 3.05) is 12.4 Å². The number of methoxy groups -OCH3 is 1. The number of para-hydroxylation sites is 1. The predicted octanol–water partition coefficient (Wildman–Crippen LogP) is 0.755. The summed E-state index contributed by atoms with van der Waals surface area (Å²) in [5.41, 5.74) is 7.02. The van der Waals surface area contributed by atoms with E-state index < -0.39 is 23.9 Å². The van der Waals surface area contributed by atoms with Crippen LogP contribution in [-0.2, 0) is 27.3 Å². The number of carbonyl (C=O) groups is 3. The maximum Gasteiger partial charge on any atom is 0.327 e. The van der Waals surface area contributed by atoms with Gasteiger partial charge in [-0.15, -0.1) is 0 Å². The number of nitrogens with one attached hydrogen (secondary N) is 3. The number of carbonyl (C=O) groups excluding carboxylic acids is 3. The van der Waals surface area contributed by atoms with Crippen LogP contribution < -0.4 is 16.4 Å². The molecule has 3 amide bonds. The van der Waals surface area contributed by atoms with Crippen molar-refractivity contribution in [1.29, 1.82) is 0 Å². The Balaban J connectivity index is 1.73. The van der Waals surface area contributed by atoms with Gasteiger partial charge in [0.15, 0.2) is 5.82 Å². The van der Waals surface area contributed by atoms with E-state index in [9.17, 15) is 14.4 Å². The molecule has 2 aromatic heterocycles. The lowest BCUT2D eigenvalue weighted by atomic mass is 10.0. The Morgan fingerprint density at radius 1 is 1.29 bits per heavy atom. The van der Waals surface area contributed by atoms with Gasteiger partial charge in [-0.25, -0.2) is 4.79 Å². The van der Waals surface area contributed by atoms with E-state index in [-0.39, 0.29) is 18.8 Å². The molecule has 5 N–H and O–H groups in total. The minimum Gasteiger partial charge on any atom is -0.468 e. The summed E-state index contributed by atoms with van der Waals surface area (Å²) in [6, 6.07) is 7.47. The quantitative estimate of drug-likeness (QED) is 0.444. The SMILES string of the molecule is COC(=O)Cn1ccc(NC(=O)C(Cc2c[nH]c3ccccc23)NC(N)=O)n1. The summed E-state index contributed by atoms with van der Waals surface area (Å²) in [5.74, 6) is -0.704. The minimum absolute atomic E-state index is 0.0787.